The highest BCUT2D eigenvalue weighted by molar-refractivity contribution is 7.98. The fourth-order valence-electron chi connectivity index (χ4n) is 1.04. The van der Waals surface area contributed by atoms with Crippen LogP contribution in [0.5, 0.6) is 0 Å². The molecule has 60 valence electrons. The fraction of sp³-hybridized carbons (Fsp3) is 0.111. The Morgan fingerprint density at radius 1 is 1.00 bits per heavy atom. The molecule has 0 radical (unpaired) electrons. The van der Waals surface area contributed by atoms with E-state index in [0.717, 1.165) is 16.5 Å². The lowest BCUT2D eigenvalue weighted by Crippen LogP contribution is -1.67. The molecule has 0 atom stereocenters. The zero-order valence-corrected chi connectivity index (χ0v) is 7.51. The van der Waals surface area contributed by atoms with Gasteiger partial charge in [0.1, 0.15) is 0 Å². The van der Waals surface area contributed by atoms with Crippen LogP contribution in [-0.4, -0.2) is 16.2 Å². The summed E-state index contributed by atoms with van der Waals surface area (Å²) in [6.45, 7) is 0. The van der Waals surface area contributed by atoms with Crippen molar-refractivity contribution in [1.29, 1.82) is 0 Å². The molecule has 12 heavy (non-hydrogen) atoms. The first kappa shape index (κ1) is 7.55. The summed E-state index contributed by atoms with van der Waals surface area (Å²) in [5.41, 5.74) is 1.92. The molecule has 0 saturated heterocycles. The van der Waals surface area contributed by atoms with Crippen molar-refractivity contribution in [1.82, 2.24) is 9.97 Å². The summed E-state index contributed by atoms with van der Waals surface area (Å²) in [6.07, 6.45) is 1.98. The molecule has 0 bridgehead atoms. The Kier molecular flexibility index (Phi) is 1.96. The van der Waals surface area contributed by atoms with Gasteiger partial charge in [-0.15, -0.1) is 0 Å². The van der Waals surface area contributed by atoms with Crippen LogP contribution in [0, 0.1) is 0 Å². The SMILES string of the molecule is CSc1nc2cccccc-2n1. The van der Waals surface area contributed by atoms with Crippen molar-refractivity contribution in [3.63, 3.8) is 0 Å². The monoisotopic (exact) mass is 176 g/mol. The van der Waals surface area contributed by atoms with Gasteiger partial charge in [-0.2, -0.15) is 0 Å². The molecule has 2 rings (SSSR count). The molecule has 0 aromatic heterocycles. The summed E-state index contributed by atoms with van der Waals surface area (Å²) in [4.78, 5) is 8.65. The van der Waals surface area contributed by atoms with E-state index < -0.39 is 0 Å². The number of hydrogen-bond acceptors (Lipinski definition) is 3. The minimum atomic E-state index is 0.844. The largest absolute Gasteiger partial charge is 0.221 e. The highest BCUT2D eigenvalue weighted by Crippen LogP contribution is 2.20. The lowest BCUT2D eigenvalue weighted by Gasteiger charge is -1.81. The first-order valence-corrected chi connectivity index (χ1v) is 4.89. The first-order chi connectivity index (χ1) is 5.90. The second-order valence-electron chi connectivity index (χ2n) is 2.39. The molecule has 1 heterocycles. The van der Waals surface area contributed by atoms with Crippen LogP contribution in [0.15, 0.2) is 35.5 Å². The first-order valence-electron chi connectivity index (χ1n) is 3.67. The molecule has 3 heteroatoms. The molecule has 2 aliphatic rings. The van der Waals surface area contributed by atoms with Gasteiger partial charge in [0.2, 0.25) is 0 Å². The summed E-state index contributed by atoms with van der Waals surface area (Å²) >= 11 is 1.57. The maximum Gasteiger partial charge on any atom is 0.188 e. The number of rotatable bonds is 1. The van der Waals surface area contributed by atoms with Gasteiger partial charge in [0.25, 0.3) is 0 Å². The molecule has 1 aliphatic carbocycles. The summed E-state index contributed by atoms with van der Waals surface area (Å²) < 4.78 is 0. The fourth-order valence-corrected chi connectivity index (χ4v) is 1.42. The lowest BCUT2D eigenvalue weighted by molar-refractivity contribution is 1.08. The molecular formula is C9H8N2S. The molecule has 0 N–H and O–H groups in total. The van der Waals surface area contributed by atoms with Gasteiger partial charge in [0, 0.05) is 0 Å². The van der Waals surface area contributed by atoms with Gasteiger partial charge in [-0.3, -0.25) is 0 Å². The standard InChI is InChI=1S/C9H8N2S/c1-12-9-10-7-5-3-2-4-6-8(7)11-9/h2-6H,1H3. The van der Waals surface area contributed by atoms with Crippen molar-refractivity contribution in [2.75, 3.05) is 6.26 Å². The number of nitrogens with zero attached hydrogens (tertiary/aromatic N) is 2. The van der Waals surface area contributed by atoms with Gasteiger partial charge in [-0.05, 0) is 18.4 Å². The van der Waals surface area contributed by atoms with Gasteiger partial charge in [0.15, 0.2) is 5.16 Å². The maximum absolute atomic E-state index is 4.32. The van der Waals surface area contributed by atoms with E-state index in [2.05, 4.69) is 9.97 Å². The van der Waals surface area contributed by atoms with E-state index in [0.29, 0.717) is 0 Å². The number of hydrogen-bond donors (Lipinski definition) is 0. The van der Waals surface area contributed by atoms with Gasteiger partial charge >= 0.3 is 0 Å². The minimum absolute atomic E-state index is 0.844. The zero-order valence-electron chi connectivity index (χ0n) is 6.69. The van der Waals surface area contributed by atoms with Crippen LogP contribution in [0.1, 0.15) is 0 Å². The lowest BCUT2D eigenvalue weighted by atomic mass is 10.3. The average Bonchev–Trinajstić information content (AvgIpc) is 2.37. The Balaban J connectivity index is 2.61. The normalized spacial score (nSPS) is 10.4. The van der Waals surface area contributed by atoms with E-state index in [1.54, 1.807) is 11.8 Å². The predicted molar refractivity (Wildman–Crippen MR) is 50.4 cm³/mol. The molecule has 0 spiro atoms. The van der Waals surface area contributed by atoms with Crippen LogP contribution < -0.4 is 0 Å². The molecule has 0 aromatic rings. The number of aromatic nitrogens is 2. The molecule has 0 fully saturated rings. The van der Waals surface area contributed by atoms with Crippen LogP contribution in [0.25, 0.3) is 11.4 Å². The molecule has 0 aromatic carbocycles. The van der Waals surface area contributed by atoms with E-state index >= 15 is 0 Å². The van der Waals surface area contributed by atoms with Crippen molar-refractivity contribution >= 4 is 11.8 Å². The summed E-state index contributed by atoms with van der Waals surface area (Å²) in [5, 5.41) is 0.844. The Labute approximate surface area is 75.4 Å². The van der Waals surface area contributed by atoms with Crippen molar-refractivity contribution in [2.24, 2.45) is 0 Å². The van der Waals surface area contributed by atoms with E-state index in [9.17, 15) is 0 Å². The van der Waals surface area contributed by atoms with Crippen molar-refractivity contribution in [3.05, 3.63) is 30.3 Å². The summed E-state index contributed by atoms with van der Waals surface area (Å²) in [7, 11) is 0. The maximum atomic E-state index is 4.32. The van der Waals surface area contributed by atoms with Crippen LogP contribution in [0.2, 0.25) is 0 Å². The van der Waals surface area contributed by atoms with Crippen molar-refractivity contribution in [3.8, 4) is 11.4 Å². The molecule has 2 nitrogen and oxygen atoms in total. The second-order valence-corrected chi connectivity index (χ2v) is 3.16. The third-order valence-corrected chi connectivity index (χ3v) is 2.16. The highest BCUT2D eigenvalue weighted by atomic mass is 32.2. The number of thioether (sulfide) groups is 1. The molecule has 0 saturated carbocycles. The third-order valence-electron chi connectivity index (χ3n) is 1.61. The molecule has 0 unspecified atom stereocenters. The Morgan fingerprint density at radius 3 is 2.08 bits per heavy atom. The Hall–Kier alpha value is -1.09. The van der Waals surface area contributed by atoms with E-state index in [1.807, 2.05) is 36.6 Å². The van der Waals surface area contributed by atoms with E-state index in [4.69, 9.17) is 0 Å². The topological polar surface area (TPSA) is 25.8 Å². The molecule has 1 aliphatic heterocycles. The quantitative estimate of drug-likeness (QED) is 0.623. The Bertz CT molecular complexity index is 331. The van der Waals surface area contributed by atoms with Crippen LogP contribution >= 0.6 is 11.8 Å². The smallest absolute Gasteiger partial charge is 0.188 e. The van der Waals surface area contributed by atoms with Gasteiger partial charge < -0.3 is 0 Å². The van der Waals surface area contributed by atoms with Crippen molar-refractivity contribution < 1.29 is 0 Å². The second kappa shape index (κ2) is 3.11. The van der Waals surface area contributed by atoms with Gasteiger partial charge in [0.05, 0.1) is 11.4 Å². The average molecular weight is 176 g/mol. The number of imidazole rings is 1. The molecular weight excluding hydrogens is 168 g/mol. The highest BCUT2D eigenvalue weighted by Gasteiger charge is 2.06. The summed E-state index contributed by atoms with van der Waals surface area (Å²) in [5.74, 6) is 0. The van der Waals surface area contributed by atoms with Crippen molar-refractivity contribution in [2.45, 2.75) is 5.16 Å². The third kappa shape index (κ3) is 1.28. The number of fused-ring (bicyclic) bond motifs is 1. The van der Waals surface area contributed by atoms with Gasteiger partial charge in [-0.1, -0.05) is 30.0 Å². The van der Waals surface area contributed by atoms with Crippen LogP contribution in [0.4, 0.5) is 0 Å². The van der Waals surface area contributed by atoms with Crippen LogP contribution in [-0.2, 0) is 0 Å². The van der Waals surface area contributed by atoms with Crippen LogP contribution in [0.3, 0.4) is 0 Å². The predicted octanol–water partition coefficient (Wildman–Crippen LogP) is 2.30. The Morgan fingerprint density at radius 2 is 1.58 bits per heavy atom. The van der Waals surface area contributed by atoms with E-state index in [1.165, 1.54) is 0 Å². The molecule has 0 amide bonds. The van der Waals surface area contributed by atoms with Gasteiger partial charge in [-0.25, -0.2) is 9.97 Å². The van der Waals surface area contributed by atoms with E-state index in [-0.39, 0.29) is 0 Å². The minimum Gasteiger partial charge on any atom is -0.221 e. The summed E-state index contributed by atoms with van der Waals surface area (Å²) in [6, 6.07) is 9.87. The zero-order chi connectivity index (χ0) is 8.39.